The third-order valence-corrected chi connectivity index (χ3v) is 5.17. The lowest BCUT2D eigenvalue weighted by Gasteiger charge is -2.24. The standard InChI is InChI=1S/C21H16F3N3O3/c22-21(23,24)19-18(27(29)30)17(14-7-2-1-3-8-14)26(25-19)20(28)16-11-10-13-6-4-5-9-15(13)12-16/h1-12,17-19,25H/t17-,18+,19+/m0/s1. The Bertz CT molecular complexity index is 1100. The number of carbonyl (C=O) groups excluding carboxylic acids is 1. The molecule has 0 spiro atoms. The van der Waals surface area contributed by atoms with Crippen molar-refractivity contribution < 1.29 is 22.9 Å². The quantitative estimate of drug-likeness (QED) is 0.516. The average molecular weight is 415 g/mol. The van der Waals surface area contributed by atoms with Crippen LogP contribution in [0.4, 0.5) is 13.2 Å². The Morgan fingerprint density at radius 3 is 2.23 bits per heavy atom. The molecule has 0 bridgehead atoms. The average Bonchev–Trinajstić information content (AvgIpc) is 3.15. The molecule has 0 unspecified atom stereocenters. The fourth-order valence-electron chi connectivity index (χ4n) is 3.79. The van der Waals surface area contributed by atoms with Gasteiger partial charge in [0, 0.05) is 10.5 Å². The highest BCUT2D eigenvalue weighted by atomic mass is 19.4. The van der Waals surface area contributed by atoms with Crippen LogP contribution in [0.25, 0.3) is 10.8 Å². The van der Waals surface area contributed by atoms with Gasteiger partial charge in [-0.2, -0.15) is 13.2 Å². The first kappa shape index (κ1) is 19.8. The van der Waals surface area contributed by atoms with Crippen LogP contribution in [0.15, 0.2) is 72.8 Å². The molecule has 1 aliphatic heterocycles. The Balaban J connectivity index is 1.80. The van der Waals surface area contributed by atoms with E-state index >= 15 is 0 Å². The highest BCUT2D eigenvalue weighted by Crippen LogP contribution is 2.39. The maximum absolute atomic E-state index is 13.6. The zero-order valence-corrected chi connectivity index (χ0v) is 15.4. The molecule has 9 heteroatoms. The van der Waals surface area contributed by atoms with E-state index in [1.807, 2.05) is 12.1 Å². The third kappa shape index (κ3) is 3.48. The normalized spacial score (nSPS) is 21.7. The van der Waals surface area contributed by atoms with E-state index in [4.69, 9.17) is 0 Å². The van der Waals surface area contributed by atoms with E-state index in [-0.39, 0.29) is 11.1 Å². The number of amides is 1. The van der Waals surface area contributed by atoms with E-state index in [1.54, 1.807) is 42.5 Å². The molecule has 0 aromatic heterocycles. The molecule has 1 aliphatic rings. The fraction of sp³-hybridized carbons (Fsp3) is 0.190. The number of halogens is 3. The number of fused-ring (bicyclic) bond motifs is 1. The Labute approximate surface area is 169 Å². The van der Waals surface area contributed by atoms with Crippen molar-refractivity contribution in [3.8, 4) is 0 Å². The Morgan fingerprint density at radius 1 is 0.967 bits per heavy atom. The first-order valence-corrected chi connectivity index (χ1v) is 9.11. The summed E-state index contributed by atoms with van der Waals surface area (Å²) >= 11 is 0. The summed E-state index contributed by atoms with van der Waals surface area (Å²) in [6.07, 6.45) is -4.91. The van der Waals surface area contributed by atoms with Crippen molar-refractivity contribution >= 4 is 16.7 Å². The zero-order chi connectivity index (χ0) is 21.5. The van der Waals surface area contributed by atoms with E-state index in [9.17, 15) is 28.1 Å². The van der Waals surface area contributed by atoms with Crippen LogP contribution in [0, 0.1) is 10.1 Å². The highest BCUT2D eigenvalue weighted by Gasteiger charge is 2.62. The van der Waals surface area contributed by atoms with Crippen LogP contribution in [0.2, 0.25) is 0 Å². The molecule has 154 valence electrons. The van der Waals surface area contributed by atoms with Crippen LogP contribution in [0.1, 0.15) is 22.0 Å². The molecule has 3 aromatic rings. The Morgan fingerprint density at radius 2 is 1.60 bits per heavy atom. The number of hydrogen-bond acceptors (Lipinski definition) is 4. The molecule has 3 atom stereocenters. The molecular weight excluding hydrogens is 399 g/mol. The minimum absolute atomic E-state index is 0.132. The fourth-order valence-corrected chi connectivity index (χ4v) is 3.79. The molecule has 0 radical (unpaired) electrons. The van der Waals surface area contributed by atoms with Gasteiger partial charge in [0.05, 0.1) is 0 Å². The molecule has 1 N–H and O–H groups in total. The van der Waals surface area contributed by atoms with Gasteiger partial charge in [-0.25, -0.2) is 5.43 Å². The largest absolute Gasteiger partial charge is 0.412 e. The number of hydrazine groups is 1. The summed E-state index contributed by atoms with van der Waals surface area (Å²) in [5.74, 6) is -0.770. The predicted octanol–water partition coefficient (Wildman–Crippen LogP) is 4.12. The summed E-state index contributed by atoms with van der Waals surface area (Å²) < 4.78 is 40.8. The topological polar surface area (TPSA) is 75.5 Å². The van der Waals surface area contributed by atoms with Gasteiger partial charge in [0.25, 0.3) is 11.9 Å². The molecule has 3 aromatic carbocycles. The molecule has 1 fully saturated rings. The van der Waals surface area contributed by atoms with Gasteiger partial charge in [-0.3, -0.25) is 19.9 Å². The van der Waals surface area contributed by atoms with Crippen LogP contribution >= 0.6 is 0 Å². The van der Waals surface area contributed by atoms with E-state index in [1.165, 1.54) is 18.2 Å². The minimum Gasteiger partial charge on any atom is -0.268 e. The summed E-state index contributed by atoms with van der Waals surface area (Å²) in [5, 5.41) is 14.0. The minimum atomic E-state index is -4.91. The van der Waals surface area contributed by atoms with Crippen LogP contribution in [0.3, 0.4) is 0 Å². The maximum atomic E-state index is 13.6. The number of benzene rings is 3. The third-order valence-electron chi connectivity index (χ3n) is 5.17. The number of rotatable bonds is 3. The second-order valence-electron chi connectivity index (χ2n) is 7.02. The number of nitrogens with zero attached hydrogens (tertiary/aromatic N) is 2. The van der Waals surface area contributed by atoms with Gasteiger partial charge in [-0.1, -0.05) is 60.7 Å². The summed E-state index contributed by atoms with van der Waals surface area (Å²) in [7, 11) is 0. The van der Waals surface area contributed by atoms with Gasteiger partial charge < -0.3 is 0 Å². The number of nitrogens with one attached hydrogen (secondary N) is 1. The predicted molar refractivity (Wildman–Crippen MR) is 103 cm³/mol. The van der Waals surface area contributed by atoms with Crippen LogP contribution in [0.5, 0.6) is 0 Å². The molecule has 1 amide bonds. The van der Waals surface area contributed by atoms with E-state index < -0.39 is 35.1 Å². The first-order valence-electron chi connectivity index (χ1n) is 9.11. The molecule has 0 saturated carbocycles. The maximum Gasteiger partial charge on any atom is 0.412 e. The molecule has 1 saturated heterocycles. The molecular formula is C21H16F3N3O3. The van der Waals surface area contributed by atoms with Crippen molar-refractivity contribution in [3.63, 3.8) is 0 Å². The molecule has 1 heterocycles. The van der Waals surface area contributed by atoms with Gasteiger partial charge in [-0.05, 0) is 28.5 Å². The van der Waals surface area contributed by atoms with Gasteiger partial charge >= 0.3 is 6.18 Å². The van der Waals surface area contributed by atoms with Crippen LogP contribution in [-0.4, -0.2) is 34.1 Å². The smallest absolute Gasteiger partial charge is 0.268 e. The lowest BCUT2D eigenvalue weighted by atomic mass is 9.95. The molecule has 6 nitrogen and oxygen atoms in total. The summed E-state index contributed by atoms with van der Waals surface area (Å²) in [6, 6.07) is 13.7. The second-order valence-corrected chi connectivity index (χ2v) is 7.02. The summed E-state index contributed by atoms with van der Waals surface area (Å²) in [5.41, 5.74) is 2.45. The SMILES string of the molecule is O=C(c1ccc2ccccc2c1)N1N[C@@H](C(F)(F)F)[C@H]([N+](=O)[O-])[C@@H]1c1ccccc1. The monoisotopic (exact) mass is 415 g/mol. The zero-order valence-electron chi connectivity index (χ0n) is 15.4. The Kier molecular flexibility index (Phi) is 4.90. The van der Waals surface area contributed by atoms with Crippen molar-refractivity contribution in [1.29, 1.82) is 0 Å². The molecule has 0 aliphatic carbocycles. The highest BCUT2D eigenvalue weighted by molar-refractivity contribution is 5.98. The summed E-state index contributed by atoms with van der Waals surface area (Å²) in [6.45, 7) is 0. The van der Waals surface area contributed by atoms with Crippen molar-refractivity contribution in [2.75, 3.05) is 0 Å². The number of hydrogen-bond donors (Lipinski definition) is 1. The van der Waals surface area contributed by atoms with E-state index in [0.29, 0.717) is 0 Å². The van der Waals surface area contributed by atoms with E-state index in [2.05, 4.69) is 5.43 Å². The molecule has 30 heavy (non-hydrogen) atoms. The van der Waals surface area contributed by atoms with Crippen molar-refractivity contribution in [3.05, 3.63) is 94.0 Å². The van der Waals surface area contributed by atoms with E-state index in [0.717, 1.165) is 15.8 Å². The van der Waals surface area contributed by atoms with Crippen molar-refractivity contribution in [2.45, 2.75) is 24.3 Å². The van der Waals surface area contributed by atoms with Crippen LogP contribution < -0.4 is 5.43 Å². The lowest BCUT2D eigenvalue weighted by molar-refractivity contribution is -0.534. The number of nitro groups is 1. The Hall–Kier alpha value is -3.46. The van der Waals surface area contributed by atoms with Crippen molar-refractivity contribution in [2.24, 2.45) is 0 Å². The first-order chi connectivity index (χ1) is 14.3. The number of carbonyl (C=O) groups is 1. The summed E-state index contributed by atoms with van der Waals surface area (Å²) in [4.78, 5) is 23.9. The molecule has 4 rings (SSSR count). The van der Waals surface area contributed by atoms with Gasteiger partial charge in [0.2, 0.25) is 0 Å². The number of alkyl halides is 3. The second kappa shape index (κ2) is 7.42. The van der Waals surface area contributed by atoms with Gasteiger partial charge in [0.15, 0.2) is 6.04 Å². The van der Waals surface area contributed by atoms with Gasteiger partial charge in [0.1, 0.15) is 6.04 Å². The lowest BCUT2D eigenvalue weighted by Crippen LogP contribution is -2.49. The van der Waals surface area contributed by atoms with Crippen LogP contribution in [-0.2, 0) is 0 Å². The van der Waals surface area contributed by atoms with Gasteiger partial charge in [-0.15, -0.1) is 0 Å². The van der Waals surface area contributed by atoms with Crippen molar-refractivity contribution in [1.82, 2.24) is 10.4 Å².